The summed E-state index contributed by atoms with van der Waals surface area (Å²) >= 11 is 2.00. The summed E-state index contributed by atoms with van der Waals surface area (Å²) in [5.41, 5.74) is 0.933. The Hall–Kier alpha value is -1.37. The zero-order chi connectivity index (χ0) is 15.7. The van der Waals surface area contributed by atoms with E-state index in [4.69, 9.17) is 4.74 Å². The van der Waals surface area contributed by atoms with Gasteiger partial charge in [0.25, 0.3) is 5.56 Å². The second kappa shape index (κ2) is 6.40. The molecule has 22 heavy (non-hydrogen) atoms. The van der Waals surface area contributed by atoms with Gasteiger partial charge >= 0.3 is 0 Å². The predicted molar refractivity (Wildman–Crippen MR) is 92.7 cm³/mol. The van der Waals surface area contributed by atoms with Gasteiger partial charge in [0, 0.05) is 18.2 Å². The minimum Gasteiger partial charge on any atom is -0.493 e. The van der Waals surface area contributed by atoms with Gasteiger partial charge in [-0.1, -0.05) is 0 Å². The number of nitrogens with zero attached hydrogens (tertiary/aromatic N) is 1. The van der Waals surface area contributed by atoms with Crippen molar-refractivity contribution in [1.29, 1.82) is 0 Å². The molecule has 0 spiro atoms. The van der Waals surface area contributed by atoms with E-state index in [1.54, 1.807) is 28.8 Å². The lowest BCUT2D eigenvalue weighted by Crippen LogP contribution is -2.23. The first-order valence-electron chi connectivity index (χ1n) is 7.42. The van der Waals surface area contributed by atoms with Gasteiger partial charge in [0.2, 0.25) is 0 Å². The summed E-state index contributed by atoms with van der Waals surface area (Å²) in [5, 5.41) is 0. The van der Waals surface area contributed by atoms with Crippen LogP contribution in [0, 0.1) is 15.3 Å². The molecule has 2 aromatic rings. The quantitative estimate of drug-likeness (QED) is 0.693. The maximum atomic E-state index is 14.4. The van der Waals surface area contributed by atoms with Crippen LogP contribution in [0.25, 0.3) is 11.3 Å². The Morgan fingerprint density at radius 3 is 2.73 bits per heavy atom. The Morgan fingerprint density at radius 1 is 1.32 bits per heavy atom. The molecule has 1 aromatic carbocycles. The highest BCUT2D eigenvalue weighted by Gasteiger charge is 2.22. The fourth-order valence-electron chi connectivity index (χ4n) is 2.39. The van der Waals surface area contributed by atoms with Crippen LogP contribution in [-0.2, 0) is 6.54 Å². The van der Waals surface area contributed by atoms with E-state index in [1.807, 2.05) is 29.5 Å². The number of hydrogen-bond donors (Lipinski definition) is 0. The van der Waals surface area contributed by atoms with Crippen LogP contribution >= 0.6 is 22.6 Å². The van der Waals surface area contributed by atoms with Crippen LogP contribution in [0.15, 0.2) is 35.1 Å². The lowest BCUT2D eigenvalue weighted by molar-refractivity contribution is 0.298. The lowest BCUT2D eigenvalue weighted by Gasteiger charge is -2.13. The number of hydrogen-bond acceptors (Lipinski definition) is 2. The third kappa shape index (κ3) is 3.19. The van der Waals surface area contributed by atoms with E-state index in [-0.39, 0.29) is 11.4 Å². The largest absolute Gasteiger partial charge is 0.493 e. The molecule has 0 unspecified atom stereocenters. The van der Waals surface area contributed by atoms with Gasteiger partial charge in [0.05, 0.1) is 15.9 Å². The third-order valence-corrected chi connectivity index (χ3v) is 4.66. The summed E-state index contributed by atoms with van der Waals surface area (Å²) in [6.07, 6.45) is 2.40. The molecule has 1 saturated carbocycles. The van der Waals surface area contributed by atoms with Crippen molar-refractivity contribution in [2.75, 3.05) is 6.61 Å². The molecule has 5 heteroatoms. The highest BCUT2D eigenvalue weighted by molar-refractivity contribution is 14.1. The van der Waals surface area contributed by atoms with E-state index < -0.39 is 0 Å². The van der Waals surface area contributed by atoms with Crippen molar-refractivity contribution < 1.29 is 9.13 Å². The van der Waals surface area contributed by atoms with Crippen molar-refractivity contribution in [3.05, 3.63) is 50.1 Å². The number of ether oxygens (including phenoxy) is 1. The average molecular weight is 413 g/mol. The highest BCUT2D eigenvalue weighted by atomic mass is 127. The fourth-order valence-corrected chi connectivity index (χ4v) is 2.86. The summed E-state index contributed by atoms with van der Waals surface area (Å²) < 4.78 is 22.2. The first-order valence-corrected chi connectivity index (χ1v) is 8.50. The molecule has 1 fully saturated rings. The monoisotopic (exact) mass is 413 g/mol. The summed E-state index contributed by atoms with van der Waals surface area (Å²) in [6.45, 7) is 3.04. The van der Waals surface area contributed by atoms with Crippen LogP contribution in [0.2, 0.25) is 0 Å². The topological polar surface area (TPSA) is 31.2 Å². The van der Waals surface area contributed by atoms with Crippen LogP contribution < -0.4 is 10.3 Å². The normalized spacial score (nSPS) is 14.1. The van der Waals surface area contributed by atoms with Crippen LogP contribution in [0.3, 0.4) is 0 Å². The van der Waals surface area contributed by atoms with Gasteiger partial charge in [-0.25, -0.2) is 4.39 Å². The van der Waals surface area contributed by atoms with Crippen molar-refractivity contribution in [2.45, 2.75) is 26.3 Å². The minimum atomic E-state index is -0.365. The zero-order valence-electron chi connectivity index (χ0n) is 12.3. The molecule has 0 radical (unpaired) electrons. The molecule has 3 nitrogen and oxygen atoms in total. The van der Waals surface area contributed by atoms with E-state index in [0.29, 0.717) is 39.6 Å². The van der Waals surface area contributed by atoms with E-state index in [0.717, 1.165) is 0 Å². The molecule has 1 aliphatic rings. The smallest absolute Gasteiger partial charge is 0.264 e. The van der Waals surface area contributed by atoms with Gasteiger partial charge in [-0.3, -0.25) is 4.79 Å². The molecule has 3 rings (SSSR count). The molecule has 1 heterocycles. The van der Waals surface area contributed by atoms with Crippen molar-refractivity contribution in [1.82, 2.24) is 4.57 Å². The van der Waals surface area contributed by atoms with Gasteiger partial charge in [0.15, 0.2) is 0 Å². The van der Waals surface area contributed by atoms with Crippen LogP contribution in [0.1, 0.15) is 19.8 Å². The number of benzene rings is 1. The first-order chi connectivity index (χ1) is 10.6. The van der Waals surface area contributed by atoms with Gasteiger partial charge < -0.3 is 9.30 Å². The minimum absolute atomic E-state index is 0.0888. The Bertz CT molecular complexity index is 753. The number of halogens is 2. The van der Waals surface area contributed by atoms with Crippen LogP contribution in [0.5, 0.6) is 5.75 Å². The molecule has 0 bridgehead atoms. The standard InChI is InChI=1S/C17H17FINO2/c1-2-20-16(8-7-15(19)17(20)21)13-6-5-12(9-14(13)18)22-10-11-3-4-11/h5-9,11H,2-4,10H2,1H3. The molecule has 1 aliphatic carbocycles. The summed E-state index contributed by atoms with van der Waals surface area (Å²) in [6, 6.07) is 8.37. The summed E-state index contributed by atoms with van der Waals surface area (Å²) in [5.74, 6) is 0.810. The Balaban J connectivity index is 1.94. The predicted octanol–water partition coefficient (Wildman–Crippen LogP) is 4.07. The molecule has 1 aromatic heterocycles. The summed E-state index contributed by atoms with van der Waals surface area (Å²) in [4.78, 5) is 12.2. The number of pyridine rings is 1. The molecule has 0 N–H and O–H groups in total. The van der Waals surface area contributed by atoms with Gasteiger partial charge in [-0.15, -0.1) is 0 Å². The fraction of sp³-hybridized carbons (Fsp3) is 0.353. The van der Waals surface area contributed by atoms with Crippen molar-refractivity contribution in [2.24, 2.45) is 5.92 Å². The third-order valence-electron chi connectivity index (χ3n) is 3.84. The first kappa shape index (κ1) is 15.5. The Labute approximate surface area is 142 Å². The number of aromatic nitrogens is 1. The van der Waals surface area contributed by atoms with E-state index >= 15 is 0 Å². The van der Waals surface area contributed by atoms with Crippen molar-refractivity contribution in [3.63, 3.8) is 0 Å². The SMILES string of the molecule is CCn1c(-c2ccc(OCC3CC3)cc2F)ccc(I)c1=O. The van der Waals surface area contributed by atoms with E-state index in [1.165, 1.54) is 18.9 Å². The second-order valence-electron chi connectivity index (χ2n) is 5.51. The van der Waals surface area contributed by atoms with Crippen LogP contribution in [0.4, 0.5) is 4.39 Å². The maximum Gasteiger partial charge on any atom is 0.264 e. The van der Waals surface area contributed by atoms with Gasteiger partial charge in [-0.2, -0.15) is 0 Å². The maximum absolute atomic E-state index is 14.4. The van der Waals surface area contributed by atoms with E-state index in [9.17, 15) is 9.18 Å². The Morgan fingerprint density at radius 2 is 2.09 bits per heavy atom. The van der Waals surface area contributed by atoms with Crippen molar-refractivity contribution in [3.8, 4) is 17.0 Å². The zero-order valence-corrected chi connectivity index (χ0v) is 14.5. The molecular weight excluding hydrogens is 396 g/mol. The Kier molecular flexibility index (Phi) is 4.52. The average Bonchev–Trinajstić information content (AvgIpc) is 3.32. The molecule has 0 amide bonds. The van der Waals surface area contributed by atoms with Gasteiger partial charge in [0.1, 0.15) is 11.6 Å². The second-order valence-corrected chi connectivity index (χ2v) is 6.67. The molecule has 0 atom stereocenters. The number of rotatable bonds is 5. The lowest BCUT2D eigenvalue weighted by atomic mass is 10.1. The highest BCUT2D eigenvalue weighted by Crippen LogP contribution is 2.31. The van der Waals surface area contributed by atoms with Gasteiger partial charge in [-0.05, 0) is 72.5 Å². The van der Waals surface area contributed by atoms with E-state index in [2.05, 4.69) is 0 Å². The summed E-state index contributed by atoms with van der Waals surface area (Å²) in [7, 11) is 0. The molecular formula is C17H17FINO2. The molecule has 0 aliphatic heterocycles. The molecule has 116 valence electrons. The molecule has 0 saturated heterocycles. The van der Waals surface area contributed by atoms with Crippen LogP contribution in [-0.4, -0.2) is 11.2 Å². The van der Waals surface area contributed by atoms with Crippen molar-refractivity contribution >= 4 is 22.6 Å².